The van der Waals surface area contributed by atoms with E-state index in [1.807, 2.05) is 18.2 Å². The van der Waals surface area contributed by atoms with Gasteiger partial charge in [0, 0.05) is 40.4 Å². The number of hydrogen-bond acceptors (Lipinski definition) is 6. The van der Waals surface area contributed by atoms with Gasteiger partial charge in [0.25, 0.3) is 0 Å². The zero-order valence-corrected chi connectivity index (χ0v) is 17.8. The fraction of sp³-hybridized carbons (Fsp3) is 0.263. The maximum atomic E-state index is 14.5. The molecule has 1 amide bonds. The van der Waals surface area contributed by atoms with E-state index in [0.717, 1.165) is 25.8 Å². The topological polar surface area (TPSA) is 77.5 Å². The van der Waals surface area contributed by atoms with Crippen LogP contribution in [0.1, 0.15) is 5.56 Å². The van der Waals surface area contributed by atoms with Crippen molar-refractivity contribution in [3.8, 4) is 0 Å². The normalized spacial score (nSPS) is 19.8. The Kier molecular flexibility index (Phi) is 5.50. The Morgan fingerprint density at radius 2 is 2.32 bits per heavy atom. The summed E-state index contributed by atoms with van der Waals surface area (Å²) in [6, 6.07) is 8.69. The Morgan fingerprint density at radius 1 is 1.46 bits per heavy atom. The van der Waals surface area contributed by atoms with Crippen LogP contribution in [-0.2, 0) is 10.3 Å². The molecule has 6 nitrogen and oxygen atoms in total. The Hall–Kier alpha value is -1.82. The van der Waals surface area contributed by atoms with Crippen molar-refractivity contribution in [1.82, 2.24) is 15.2 Å². The number of anilines is 2. The molecule has 146 valence electrons. The van der Waals surface area contributed by atoms with Crippen LogP contribution < -0.4 is 10.6 Å². The molecule has 9 heteroatoms. The summed E-state index contributed by atoms with van der Waals surface area (Å²) < 4.78 is 15.3. The smallest absolute Gasteiger partial charge is 0.210 e. The first-order chi connectivity index (χ1) is 13.6. The second-order valence-corrected chi connectivity index (χ2v) is 8.82. The Labute approximate surface area is 178 Å². The first kappa shape index (κ1) is 19.5. The monoisotopic (exact) mass is 512 g/mol. The maximum Gasteiger partial charge on any atom is 0.210 e. The van der Waals surface area contributed by atoms with Gasteiger partial charge in [-0.15, -0.1) is 0 Å². The van der Waals surface area contributed by atoms with Crippen LogP contribution >= 0.6 is 33.9 Å². The molecule has 0 aliphatic carbocycles. The highest BCUT2D eigenvalue weighted by Crippen LogP contribution is 2.45. The van der Waals surface area contributed by atoms with Gasteiger partial charge in [0.2, 0.25) is 6.41 Å². The lowest BCUT2D eigenvalue weighted by Gasteiger charge is -2.45. The number of rotatable bonds is 5. The van der Waals surface area contributed by atoms with Gasteiger partial charge in [0.1, 0.15) is 21.2 Å². The average molecular weight is 512 g/mol. The number of carbonyl (C=O) groups excluding carboxylic acids is 1. The predicted molar refractivity (Wildman–Crippen MR) is 116 cm³/mol. The molecular weight excluding hydrogens is 494 g/mol. The lowest BCUT2D eigenvalue weighted by molar-refractivity contribution is -0.128. The van der Waals surface area contributed by atoms with Crippen LogP contribution in [0.2, 0.25) is 0 Å². The Morgan fingerprint density at radius 3 is 3.07 bits per heavy atom. The van der Waals surface area contributed by atoms with E-state index < -0.39 is 5.54 Å². The van der Waals surface area contributed by atoms with E-state index >= 15 is 0 Å². The molecule has 0 unspecified atom stereocenters. The third-order valence-electron chi connectivity index (χ3n) is 5.00. The van der Waals surface area contributed by atoms with Crippen molar-refractivity contribution in [2.45, 2.75) is 5.54 Å². The lowest BCUT2D eigenvalue weighted by Crippen LogP contribution is -2.60. The van der Waals surface area contributed by atoms with E-state index in [1.165, 1.54) is 17.4 Å². The summed E-state index contributed by atoms with van der Waals surface area (Å²) in [6.07, 6.45) is 2.46. The molecule has 3 N–H and O–H groups in total. The van der Waals surface area contributed by atoms with Crippen LogP contribution in [0.5, 0.6) is 0 Å². The van der Waals surface area contributed by atoms with E-state index in [-0.39, 0.29) is 12.4 Å². The SMILES string of the molecule is O=CN1CCNC[C@@]1(CO)c1c(Nc2ccc(I)cc2F)sc2ncccc12. The molecule has 1 aliphatic rings. The quantitative estimate of drug-likeness (QED) is 0.362. The molecule has 1 aliphatic heterocycles. The van der Waals surface area contributed by atoms with Crippen molar-refractivity contribution in [3.63, 3.8) is 0 Å². The molecule has 3 heterocycles. The summed E-state index contributed by atoms with van der Waals surface area (Å²) in [5.74, 6) is -0.365. The predicted octanol–water partition coefficient (Wildman–Crippen LogP) is 3.03. The number of aliphatic hydroxyl groups excluding tert-OH is 1. The van der Waals surface area contributed by atoms with Crippen molar-refractivity contribution in [2.75, 3.05) is 31.6 Å². The number of nitrogens with one attached hydrogen (secondary N) is 2. The average Bonchev–Trinajstić information content (AvgIpc) is 3.08. The van der Waals surface area contributed by atoms with Crippen LogP contribution in [0.4, 0.5) is 15.1 Å². The fourth-order valence-electron chi connectivity index (χ4n) is 3.62. The summed E-state index contributed by atoms with van der Waals surface area (Å²) in [5, 5.41) is 18.4. The number of halogens is 2. The third kappa shape index (κ3) is 3.25. The van der Waals surface area contributed by atoms with E-state index in [2.05, 4.69) is 38.2 Å². The first-order valence-corrected chi connectivity index (χ1v) is 10.6. The molecule has 28 heavy (non-hydrogen) atoms. The molecule has 1 aromatic carbocycles. The second-order valence-electron chi connectivity index (χ2n) is 6.58. The van der Waals surface area contributed by atoms with Crippen LogP contribution in [0.3, 0.4) is 0 Å². The van der Waals surface area contributed by atoms with Crippen LogP contribution in [0, 0.1) is 9.39 Å². The number of aliphatic hydroxyl groups is 1. The number of thiophene rings is 1. The van der Waals surface area contributed by atoms with Gasteiger partial charge in [0.05, 0.1) is 12.3 Å². The van der Waals surface area contributed by atoms with E-state index in [9.17, 15) is 14.3 Å². The van der Waals surface area contributed by atoms with Crippen molar-refractivity contribution in [2.24, 2.45) is 0 Å². The number of amides is 1. The van der Waals surface area contributed by atoms with Gasteiger partial charge in [-0.2, -0.15) is 0 Å². The van der Waals surface area contributed by atoms with Gasteiger partial charge in [-0.3, -0.25) is 4.79 Å². The molecule has 2 aromatic heterocycles. The van der Waals surface area contributed by atoms with Crippen molar-refractivity contribution >= 4 is 61.2 Å². The maximum absolute atomic E-state index is 14.5. The molecule has 1 fully saturated rings. The molecule has 0 bridgehead atoms. The first-order valence-electron chi connectivity index (χ1n) is 8.73. The highest BCUT2D eigenvalue weighted by atomic mass is 127. The van der Waals surface area contributed by atoms with Gasteiger partial charge < -0.3 is 20.6 Å². The number of nitrogens with zero attached hydrogens (tertiary/aromatic N) is 2. The molecular formula is C19H18FIN4O2S. The van der Waals surface area contributed by atoms with Crippen molar-refractivity contribution in [3.05, 3.63) is 51.5 Å². The summed E-state index contributed by atoms with van der Waals surface area (Å²) in [5.41, 5.74) is 0.131. The molecule has 0 radical (unpaired) electrons. The van der Waals surface area contributed by atoms with Crippen molar-refractivity contribution < 1.29 is 14.3 Å². The number of fused-ring (bicyclic) bond motifs is 1. The van der Waals surface area contributed by atoms with Crippen molar-refractivity contribution in [1.29, 1.82) is 0 Å². The van der Waals surface area contributed by atoms with Gasteiger partial charge >= 0.3 is 0 Å². The van der Waals surface area contributed by atoms with E-state index in [1.54, 1.807) is 17.2 Å². The van der Waals surface area contributed by atoms with Gasteiger partial charge in [-0.05, 0) is 52.9 Å². The summed E-state index contributed by atoms with van der Waals surface area (Å²) in [4.78, 5) is 18.6. The van der Waals surface area contributed by atoms with Gasteiger partial charge in [-0.25, -0.2) is 9.37 Å². The van der Waals surface area contributed by atoms with Gasteiger partial charge in [-0.1, -0.05) is 11.3 Å². The molecule has 1 saturated heterocycles. The largest absolute Gasteiger partial charge is 0.394 e. The van der Waals surface area contributed by atoms with Crippen LogP contribution in [0.15, 0.2) is 36.5 Å². The van der Waals surface area contributed by atoms with Gasteiger partial charge in [0.15, 0.2) is 0 Å². The summed E-state index contributed by atoms with van der Waals surface area (Å²) in [7, 11) is 0. The molecule has 1 atom stereocenters. The Balaban J connectivity index is 1.91. The zero-order valence-electron chi connectivity index (χ0n) is 14.8. The number of pyridine rings is 1. The second kappa shape index (κ2) is 7.90. The van der Waals surface area contributed by atoms with Crippen LogP contribution in [0.25, 0.3) is 10.2 Å². The number of benzene rings is 1. The summed E-state index contributed by atoms with van der Waals surface area (Å²) in [6.45, 7) is 1.25. The number of aromatic nitrogens is 1. The number of hydrogen-bond donors (Lipinski definition) is 3. The highest BCUT2D eigenvalue weighted by Gasteiger charge is 2.43. The zero-order chi connectivity index (χ0) is 19.7. The minimum atomic E-state index is -0.955. The lowest BCUT2D eigenvalue weighted by atomic mass is 9.86. The standard InChI is InChI=1S/C19H18FIN4O2S/c20-14-8-12(21)3-4-15(14)24-18-16(13-2-1-5-23-17(13)28-18)19(10-26)9-22-6-7-25(19)11-27/h1-5,8,11,22,24,26H,6-7,9-10H2/t19-/m1/s1. The van der Waals surface area contributed by atoms with Crippen LogP contribution in [-0.4, -0.2) is 47.6 Å². The highest BCUT2D eigenvalue weighted by molar-refractivity contribution is 14.1. The van der Waals surface area contributed by atoms with E-state index in [0.29, 0.717) is 30.3 Å². The summed E-state index contributed by atoms with van der Waals surface area (Å²) >= 11 is 3.44. The molecule has 3 aromatic rings. The molecule has 4 rings (SSSR count). The van der Waals surface area contributed by atoms with E-state index in [4.69, 9.17) is 0 Å². The number of carbonyl (C=O) groups is 1. The molecule has 0 spiro atoms. The minimum absolute atomic E-state index is 0.261. The molecule has 0 saturated carbocycles. The third-order valence-corrected chi connectivity index (χ3v) is 6.70. The number of piperazine rings is 1. The Bertz CT molecular complexity index is 1030. The minimum Gasteiger partial charge on any atom is -0.394 e. The fourth-order valence-corrected chi connectivity index (χ4v) is 5.22.